The number of ether oxygens (including phenoxy) is 1. The molecule has 4 heteroatoms. The Hall–Kier alpha value is -1.88. The number of hydrogen-bond acceptors (Lipinski definition) is 4. The quantitative estimate of drug-likeness (QED) is 0.791. The van der Waals surface area contributed by atoms with Crippen molar-refractivity contribution in [2.75, 3.05) is 33.3 Å². The van der Waals surface area contributed by atoms with Gasteiger partial charge in [-0.15, -0.1) is 0 Å². The molecule has 1 aliphatic rings. The van der Waals surface area contributed by atoms with Crippen molar-refractivity contribution in [3.8, 4) is 5.75 Å². The monoisotopic (exact) mass is 354 g/mol. The molecule has 140 valence electrons. The summed E-state index contributed by atoms with van der Waals surface area (Å²) in [5, 5.41) is 10.5. The first-order valence-corrected chi connectivity index (χ1v) is 9.51. The lowest BCUT2D eigenvalue weighted by molar-refractivity contribution is 0.0749. The average molecular weight is 354 g/mol. The normalized spacial score (nSPS) is 15.7. The summed E-state index contributed by atoms with van der Waals surface area (Å²) in [5.41, 5.74) is 4.00. The maximum Gasteiger partial charge on any atom is 0.119 e. The van der Waals surface area contributed by atoms with Crippen molar-refractivity contribution in [1.82, 2.24) is 9.80 Å². The van der Waals surface area contributed by atoms with Gasteiger partial charge in [0.25, 0.3) is 0 Å². The van der Waals surface area contributed by atoms with Crippen molar-refractivity contribution in [3.05, 3.63) is 65.2 Å². The Kier molecular flexibility index (Phi) is 6.67. The Morgan fingerprint density at radius 2 is 1.96 bits per heavy atom. The van der Waals surface area contributed by atoms with Gasteiger partial charge >= 0.3 is 0 Å². The number of likely N-dealkylation sites (N-methyl/N-ethyl adjacent to an activating group) is 1. The molecule has 0 spiro atoms. The van der Waals surface area contributed by atoms with Crippen LogP contribution in [0.25, 0.3) is 0 Å². The number of β-amino-alcohol motifs (C(OH)–C–C–N with tert-alkyl or cyclic N) is 1. The molecule has 0 aliphatic carbocycles. The van der Waals surface area contributed by atoms with Crippen molar-refractivity contribution in [3.63, 3.8) is 0 Å². The lowest BCUT2D eigenvalue weighted by atomic mass is 9.99. The van der Waals surface area contributed by atoms with E-state index in [9.17, 15) is 5.11 Å². The molecule has 0 amide bonds. The van der Waals surface area contributed by atoms with Crippen molar-refractivity contribution in [1.29, 1.82) is 0 Å². The van der Waals surface area contributed by atoms with Gasteiger partial charge in [-0.3, -0.25) is 9.80 Å². The molecule has 0 bridgehead atoms. The van der Waals surface area contributed by atoms with Gasteiger partial charge in [-0.25, -0.2) is 0 Å². The summed E-state index contributed by atoms with van der Waals surface area (Å²) in [6.45, 7) is 6.83. The third kappa shape index (κ3) is 5.31. The summed E-state index contributed by atoms with van der Waals surface area (Å²) in [5.74, 6) is 0.941. The molecule has 0 saturated heterocycles. The average Bonchev–Trinajstić information content (AvgIpc) is 2.62. The first kappa shape index (κ1) is 18.9. The highest BCUT2D eigenvalue weighted by Gasteiger charge is 2.20. The third-order valence-corrected chi connectivity index (χ3v) is 4.87. The molecule has 0 saturated carbocycles. The lowest BCUT2D eigenvalue weighted by Crippen LogP contribution is -2.41. The van der Waals surface area contributed by atoms with E-state index in [1.807, 2.05) is 13.0 Å². The number of fused-ring (bicyclic) bond motifs is 1. The van der Waals surface area contributed by atoms with E-state index in [-0.39, 0.29) is 6.10 Å². The SMILES string of the molecule is CCOc1ccc2c(c1)CN(CC(O)CN(C)Cc1ccccc1)CC2. The Morgan fingerprint density at radius 1 is 1.15 bits per heavy atom. The Balaban J connectivity index is 1.50. The largest absolute Gasteiger partial charge is 0.494 e. The molecule has 1 unspecified atom stereocenters. The van der Waals surface area contributed by atoms with Gasteiger partial charge in [0.15, 0.2) is 0 Å². The Morgan fingerprint density at radius 3 is 2.73 bits per heavy atom. The number of rotatable bonds is 8. The highest BCUT2D eigenvalue weighted by molar-refractivity contribution is 5.37. The van der Waals surface area contributed by atoms with Crippen LogP contribution in [0.5, 0.6) is 5.75 Å². The maximum absolute atomic E-state index is 10.5. The van der Waals surface area contributed by atoms with Crippen LogP contribution in [0.3, 0.4) is 0 Å². The molecule has 0 fully saturated rings. The molecular formula is C22H30N2O2. The molecule has 4 nitrogen and oxygen atoms in total. The van der Waals surface area contributed by atoms with Crippen LogP contribution in [0.4, 0.5) is 0 Å². The van der Waals surface area contributed by atoms with Crippen LogP contribution >= 0.6 is 0 Å². The zero-order valence-electron chi connectivity index (χ0n) is 15.9. The Labute approximate surface area is 157 Å². The maximum atomic E-state index is 10.5. The highest BCUT2D eigenvalue weighted by atomic mass is 16.5. The van der Waals surface area contributed by atoms with Crippen molar-refractivity contribution in [2.24, 2.45) is 0 Å². The number of hydrogen-bond donors (Lipinski definition) is 1. The number of aliphatic hydroxyl groups excluding tert-OH is 1. The molecule has 0 radical (unpaired) electrons. The van der Waals surface area contributed by atoms with E-state index in [1.54, 1.807) is 0 Å². The van der Waals surface area contributed by atoms with E-state index < -0.39 is 0 Å². The van der Waals surface area contributed by atoms with Gasteiger partial charge in [0.2, 0.25) is 0 Å². The van der Waals surface area contributed by atoms with Gasteiger partial charge in [0.05, 0.1) is 12.7 Å². The first-order valence-electron chi connectivity index (χ1n) is 9.51. The summed E-state index contributed by atoms with van der Waals surface area (Å²) in [7, 11) is 2.07. The van der Waals surface area contributed by atoms with Gasteiger partial charge in [-0.1, -0.05) is 36.4 Å². The van der Waals surface area contributed by atoms with Crippen LogP contribution in [0.2, 0.25) is 0 Å². The second-order valence-corrected chi connectivity index (χ2v) is 7.18. The van der Waals surface area contributed by atoms with Gasteiger partial charge in [-0.05, 0) is 49.2 Å². The molecule has 2 aromatic carbocycles. The van der Waals surface area contributed by atoms with Crippen molar-refractivity contribution < 1.29 is 9.84 Å². The summed E-state index contributed by atoms with van der Waals surface area (Å²) in [6.07, 6.45) is 0.689. The third-order valence-electron chi connectivity index (χ3n) is 4.87. The lowest BCUT2D eigenvalue weighted by Gasteiger charge is -2.31. The fraction of sp³-hybridized carbons (Fsp3) is 0.455. The minimum atomic E-state index is -0.347. The van der Waals surface area contributed by atoms with Crippen LogP contribution in [-0.4, -0.2) is 54.3 Å². The van der Waals surface area contributed by atoms with Gasteiger partial charge < -0.3 is 9.84 Å². The zero-order chi connectivity index (χ0) is 18.4. The molecular weight excluding hydrogens is 324 g/mol. The zero-order valence-corrected chi connectivity index (χ0v) is 15.9. The molecule has 1 atom stereocenters. The topological polar surface area (TPSA) is 35.9 Å². The molecule has 26 heavy (non-hydrogen) atoms. The summed E-state index contributed by atoms with van der Waals surface area (Å²) >= 11 is 0. The summed E-state index contributed by atoms with van der Waals surface area (Å²) in [4.78, 5) is 4.53. The van der Waals surface area contributed by atoms with Crippen LogP contribution in [0.15, 0.2) is 48.5 Å². The second kappa shape index (κ2) is 9.17. The summed E-state index contributed by atoms with van der Waals surface area (Å²) < 4.78 is 5.62. The van der Waals surface area contributed by atoms with E-state index in [2.05, 4.69) is 59.3 Å². The Bertz CT molecular complexity index is 690. The molecule has 1 N–H and O–H groups in total. The molecule has 1 heterocycles. The predicted octanol–water partition coefficient (Wildman–Crippen LogP) is 2.94. The number of aliphatic hydroxyl groups is 1. The predicted molar refractivity (Wildman–Crippen MR) is 105 cm³/mol. The van der Waals surface area contributed by atoms with E-state index in [4.69, 9.17) is 4.74 Å². The van der Waals surface area contributed by atoms with Crippen LogP contribution in [-0.2, 0) is 19.5 Å². The van der Waals surface area contributed by atoms with Crippen molar-refractivity contribution in [2.45, 2.75) is 32.5 Å². The van der Waals surface area contributed by atoms with Gasteiger partial charge in [0.1, 0.15) is 5.75 Å². The van der Waals surface area contributed by atoms with Crippen LogP contribution in [0, 0.1) is 0 Å². The van der Waals surface area contributed by atoms with Gasteiger partial charge in [0, 0.05) is 32.7 Å². The van der Waals surface area contributed by atoms with E-state index in [0.717, 1.165) is 31.8 Å². The molecule has 3 rings (SSSR count). The second-order valence-electron chi connectivity index (χ2n) is 7.18. The molecule has 2 aromatic rings. The van der Waals surface area contributed by atoms with E-state index in [1.165, 1.54) is 16.7 Å². The van der Waals surface area contributed by atoms with E-state index in [0.29, 0.717) is 19.7 Å². The van der Waals surface area contributed by atoms with Gasteiger partial charge in [-0.2, -0.15) is 0 Å². The van der Waals surface area contributed by atoms with Crippen molar-refractivity contribution >= 4 is 0 Å². The minimum absolute atomic E-state index is 0.347. The minimum Gasteiger partial charge on any atom is -0.494 e. The fourth-order valence-corrected chi connectivity index (χ4v) is 3.68. The highest BCUT2D eigenvalue weighted by Crippen LogP contribution is 2.24. The number of nitrogens with zero attached hydrogens (tertiary/aromatic N) is 2. The summed E-state index contributed by atoms with van der Waals surface area (Å²) in [6, 6.07) is 16.8. The molecule has 0 aromatic heterocycles. The van der Waals surface area contributed by atoms with E-state index >= 15 is 0 Å². The molecule has 1 aliphatic heterocycles. The smallest absolute Gasteiger partial charge is 0.119 e. The van der Waals surface area contributed by atoms with Crippen LogP contribution in [0.1, 0.15) is 23.6 Å². The standard InChI is InChI=1S/C22H30N2O2/c1-3-26-22-10-9-19-11-12-24(15-20(19)13-22)17-21(25)16-23(2)14-18-7-5-4-6-8-18/h4-10,13,21,25H,3,11-12,14-17H2,1-2H3. The van der Waals surface area contributed by atoms with Crippen LogP contribution < -0.4 is 4.74 Å². The fourth-order valence-electron chi connectivity index (χ4n) is 3.68. The first-order chi connectivity index (χ1) is 12.6. The number of benzene rings is 2.